The fraction of sp³-hybridized carbons (Fsp3) is 0.111. The second-order valence-electron chi connectivity index (χ2n) is 5.37. The lowest BCUT2D eigenvalue weighted by atomic mass is 10.2. The molecule has 7 nitrogen and oxygen atoms in total. The minimum absolute atomic E-state index is 0.0927. The van der Waals surface area contributed by atoms with E-state index in [-0.39, 0.29) is 18.4 Å². The molecule has 1 aliphatic rings. The first-order chi connectivity index (χ1) is 13.1. The quantitative estimate of drug-likeness (QED) is 0.526. The summed E-state index contributed by atoms with van der Waals surface area (Å²) >= 11 is 4.68. The van der Waals surface area contributed by atoms with Crippen LogP contribution in [-0.2, 0) is 9.59 Å². The topological polar surface area (TPSA) is 92.2 Å². The van der Waals surface area contributed by atoms with Crippen LogP contribution in [0.25, 0.3) is 0 Å². The van der Waals surface area contributed by atoms with E-state index in [1.165, 1.54) is 18.0 Å². The highest BCUT2D eigenvalue weighted by Crippen LogP contribution is 2.22. The number of amides is 2. The van der Waals surface area contributed by atoms with Crippen molar-refractivity contribution in [3.8, 4) is 5.75 Å². The van der Waals surface area contributed by atoms with Gasteiger partial charge < -0.3 is 15.4 Å². The van der Waals surface area contributed by atoms with Crippen LogP contribution < -0.4 is 15.4 Å². The van der Waals surface area contributed by atoms with Gasteiger partial charge in [-0.15, -0.1) is 5.10 Å². The second kappa shape index (κ2) is 9.33. The van der Waals surface area contributed by atoms with E-state index in [1.807, 2.05) is 18.2 Å². The Bertz CT molecular complexity index is 903. The van der Waals surface area contributed by atoms with Crippen LogP contribution in [0.1, 0.15) is 5.56 Å². The molecule has 2 aromatic carbocycles. The minimum atomic E-state index is -0.266. The van der Waals surface area contributed by atoms with Crippen LogP contribution in [0.3, 0.4) is 0 Å². The van der Waals surface area contributed by atoms with Crippen LogP contribution in [0.15, 0.2) is 63.2 Å². The molecule has 0 radical (unpaired) electrons. The maximum atomic E-state index is 12.0. The molecule has 0 atom stereocenters. The molecule has 0 unspecified atom stereocenters. The van der Waals surface area contributed by atoms with Gasteiger partial charge in [-0.2, -0.15) is 5.10 Å². The summed E-state index contributed by atoms with van der Waals surface area (Å²) in [7, 11) is 0. The van der Waals surface area contributed by atoms with Gasteiger partial charge in [0.2, 0.25) is 5.91 Å². The molecule has 0 saturated carbocycles. The molecule has 0 aliphatic carbocycles. The standard InChI is InChI=1S/C18H15BrN4O3S/c19-13-6-7-15(26-10-16(24)21-14-4-2-1-3-5-14)12(8-13)9-20-23-18-22-17(25)11-27-18/h1-9H,10-11H2,(H,21,24)(H,22,23,25). The lowest BCUT2D eigenvalue weighted by Crippen LogP contribution is -2.20. The Balaban J connectivity index is 1.63. The third-order valence-electron chi connectivity index (χ3n) is 3.32. The Labute approximate surface area is 168 Å². The highest BCUT2D eigenvalue weighted by molar-refractivity contribution is 9.10. The minimum Gasteiger partial charge on any atom is -0.483 e. The van der Waals surface area contributed by atoms with Gasteiger partial charge in [-0.1, -0.05) is 45.9 Å². The van der Waals surface area contributed by atoms with Crippen LogP contribution in [0, 0.1) is 0 Å². The number of hydrogen-bond donors (Lipinski definition) is 2. The molecule has 3 rings (SSSR count). The molecule has 1 aliphatic heterocycles. The lowest BCUT2D eigenvalue weighted by Gasteiger charge is -2.10. The molecule has 9 heteroatoms. The Morgan fingerprint density at radius 1 is 1.30 bits per heavy atom. The Hall–Kier alpha value is -2.65. The van der Waals surface area contributed by atoms with E-state index in [1.54, 1.807) is 30.3 Å². The predicted octanol–water partition coefficient (Wildman–Crippen LogP) is 3.02. The monoisotopic (exact) mass is 446 g/mol. The molecule has 1 heterocycles. The lowest BCUT2D eigenvalue weighted by molar-refractivity contribution is -0.118. The van der Waals surface area contributed by atoms with Crippen LogP contribution in [-0.4, -0.2) is 35.6 Å². The zero-order chi connectivity index (χ0) is 19.1. The van der Waals surface area contributed by atoms with Crippen LogP contribution in [0.4, 0.5) is 5.69 Å². The summed E-state index contributed by atoms with van der Waals surface area (Å²) in [4.78, 5) is 23.2. The van der Waals surface area contributed by atoms with E-state index in [9.17, 15) is 9.59 Å². The summed E-state index contributed by atoms with van der Waals surface area (Å²) in [6.45, 7) is -0.141. The molecule has 0 bridgehead atoms. The molecule has 1 fully saturated rings. The average Bonchev–Trinajstić information content (AvgIpc) is 3.07. The van der Waals surface area contributed by atoms with E-state index in [0.717, 1.165) is 4.47 Å². The van der Waals surface area contributed by atoms with E-state index in [2.05, 4.69) is 36.8 Å². The first-order valence-electron chi connectivity index (χ1n) is 7.91. The molecule has 0 aromatic heterocycles. The SMILES string of the molecule is O=C1CSC(=NN=Cc2cc(Br)ccc2OCC(=O)Nc2ccccc2)N1. The Kier molecular flexibility index (Phi) is 6.61. The van der Waals surface area contributed by atoms with Crippen molar-refractivity contribution in [2.75, 3.05) is 17.7 Å². The van der Waals surface area contributed by atoms with Crippen LogP contribution >= 0.6 is 27.7 Å². The number of nitrogens with one attached hydrogen (secondary N) is 2. The average molecular weight is 447 g/mol. The number of halogens is 1. The van der Waals surface area contributed by atoms with E-state index >= 15 is 0 Å². The molecule has 1 saturated heterocycles. The van der Waals surface area contributed by atoms with Gasteiger partial charge in [0.1, 0.15) is 5.75 Å². The number of rotatable bonds is 6. The molecule has 2 N–H and O–H groups in total. The number of nitrogens with zero attached hydrogens (tertiary/aromatic N) is 2. The Morgan fingerprint density at radius 2 is 2.11 bits per heavy atom. The van der Waals surface area contributed by atoms with Gasteiger partial charge in [-0.25, -0.2) is 0 Å². The zero-order valence-corrected chi connectivity index (χ0v) is 16.4. The molecule has 0 spiro atoms. The van der Waals surface area contributed by atoms with Crippen molar-refractivity contribution in [2.45, 2.75) is 0 Å². The third-order valence-corrected chi connectivity index (χ3v) is 4.68. The maximum Gasteiger partial charge on any atom is 0.262 e. The van der Waals surface area contributed by atoms with Crippen LogP contribution in [0.5, 0.6) is 5.75 Å². The van der Waals surface area contributed by atoms with Gasteiger partial charge in [0.15, 0.2) is 11.8 Å². The molecule has 138 valence electrons. The molecular weight excluding hydrogens is 432 g/mol. The number of hydrogen-bond acceptors (Lipinski definition) is 6. The second-order valence-corrected chi connectivity index (χ2v) is 7.25. The first kappa shape index (κ1) is 19.1. The number of thioether (sulfide) groups is 1. The fourth-order valence-corrected chi connectivity index (χ4v) is 3.15. The van der Waals surface area contributed by atoms with Crippen molar-refractivity contribution in [1.29, 1.82) is 0 Å². The van der Waals surface area contributed by atoms with Crippen molar-refractivity contribution >= 4 is 56.6 Å². The first-order valence-corrected chi connectivity index (χ1v) is 9.69. The van der Waals surface area contributed by atoms with Gasteiger partial charge in [-0.3, -0.25) is 9.59 Å². The van der Waals surface area contributed by atoms with E-state index in [0.29, 0.717) is 27.9 Å². The van der Waals surface area contributed by atoms with Gasteiger partial charge in [0, 0.05) is 15.7 Å². The van der Waals surface area contributed by atoms with Crippen molar-refractivity contribution < 1.29 is 14.3 Å². The van der Waals surface area contributed by atoms with Gasteiger partial charge >= 0.3 is 0 Å². The highest BCUT2D eigenvalue weighted by atomic mass is 79.9. The number of amidine groups is 1. The van der Waals surface area contributed by atoms with E-state index in [4.69, 9.17) is 4.74 Å². The smallest absolute Gasteiger partial charge is 0.262 e. The summed E-state index contributed by atoms with van der Waals surface area (Å²) < 4.78 is 6.45. The van der Waals surface area contributed by atoms with Crippen molar-refractivity contribution in [1.82, 2.24) is 5.32 Å². The number of benzene rings is 2. The van der Waals surface area contributed by atoms with Crippen LogP contribution in [0.2, 0.25) is 0 Å². The highest BCUT2D eigenvalue weighted by Gasteiger charge is 2.16. The van der Waals surface area contributed by atoms with Gasteiger partial charge in [0.05, 0.1) is 12.0 Å². The normalized spacial score (nSPS) is 15.1. The number of carbonyl (C=O) groups excluding carboxylic acids is 2. The number of anilines is 1. The van der Waals surface area contributed by atoms with E-state index < -0.39 is 0 Å². The summed E-state index contributed by atoms with van der Waals surface area (Å²) in [5, 5.41) is 13.7. The van der Waals surface area contributed by atoms with Gasteiger partial charge in [-0.05, 0) is 30.3 Å². The van der Waals surface area contributed by atoms with Crippen molar-refractivity contribution in [3.05, 3.63) is 58.6 Å². The molecule has 2 amide bonds. The van der Waals surface area contributed by atoms with Crippen molar-refractivity contribution in [3.63, 3.8) is 0 Å². The molecule has 27 heavy (non-hydrogen) atoms. The summed E-state index contributed by atoms with van der Waals surface area (Å²) in [5.41, 5.74) is 1.35. The fourth-order valence-electron chi connectivity index (χ4n) is 2.14. The number of para-hydroxylation sites is 1. The predicted molar refractivity (Wildman–Crippen MR) is 110 cm³/mol. The number of carbonyl (C=O) groups is 2. The third kappa shape index (κ3) is 5.93. The Morgan fingerprint density at radius 3 is 2.85 bits per heavy atom. The molecular formula is C18H15BrN4O3S. The summed E-state index contributed by atoms with van der Waals surface area (Å²) in [6, 6.07) is 14.5. The zero-order valence-electron chi connectivity index (χ0n) is 14.0. The number of ether oxygens (including phenoxy) is 1. The summed E-state index contributed by atoms with van der Waals surface area (Å²) in [6.07, 6.45) is 1.51. The van der Waals surface area contributed by atoms with Crippen molar-refractivity contribution in [2.24, 2.45) is 10.2 Å². The summed E-state index contributed by atoms with van der Waals surface area (Å²) in [5.74, 6) is 0.478. The molecule has 2 aromatic rings. The largest absolute Gasteiger partial charge is 0.483 e. The maximum absolute atomic E-state index is 12.0. The van der Waals surface area contributed by atoms with Gasteiger partial charge in [0.25, 0.3) is 5.91 Å².